The highest BCUT2D eigenvalue weighted by atomic mass is 32.1. The number of ether oxygens (including phenoxy) is 2. The van der Waals surface area contributed by atoms with Crippen LogP contribution in [-0.4, -0.2) is 34.6 Å². The first kappa shape index (κ1) is 12.9. The van der Waals surface area contributed by atoms with Gasteiger partial charge in [-0.2, -0.15) is 5.10 Å². The largest absolute Gasteiger partial charge is 0.472 e. The van der Waals surface area contributed by atoms with Gasteiger partial charge in [0.15, 0.2) is 0 Å². The molecule has 0 saturated heterocycles. The number of hydrogen-bond acceptors (Lipinski definition) is 4. The molecule has 1 atom stereocenters. The number of nitrogens with zero attached hydrogens (tertiary/aromatic N) is 2. The van der Waals surface area contributed by atoms with Crippen LogP contribution < -0.4 is 10.5 Å². The summed E-state index contributed by atoms with van der Waals surface area (Å²) in [7, 11) is 3.42. The highest BCUT2D eigenvalue weighted by Gasteiger charge is 2.18. The molecule has 0 saturated carbocycles. The van der Waals surface area contributed by atoms with E-state index in [4.69, 9.17) is 27.4 Å². The fourth-order valence-corrected chi connectivity index (χ4v) is 1.75. The van der Waals surface area contributed by atoms with E-state index in [1.165, 1.54) is 0 Å². The molecule has 0 amide bonds. The van der Waals surface area contributed by atoms with Crippen LogP contribution >= 0.6 is 12.2 Å². The van der Waals surface area contributed by atoms with Crippen molar-refractivity contribution in [2.75, 3.05) is 13.7 Å². The maximum absolute atomic E-state index is 5.71. The normalized spacial score (nSPS) is 12.5. The van der Waals surface area contributed by atoms with Crippen molar-refractivity contribution < 1.29 is 9.47 Å². The van der Waals surface area contributed by atoms with Crippen LogP contribution in [0.5, 0.6) is 5.88 Å². The summed E-state index contributed by atoms with van der Waals surface area (Å²) in [5.41, 5.74) is 7.11. The number of thiocarbonyl (C=S) groups is 1. The standard InChI is InChI=1S/C10H17N3O2S/c1-6(5-14-4)15-10-8(9(11)16)7(2)12-13(10)3/h6H,5H2,1-4H3,(H2,11,16). The summed E-state index contributed by atoms with van der Waals surface area (Å²) >= 11 is 4.98. The lowest BCUT2D eigenvalue weighted by molar-refractivity contribution is 0.0858. The average molecular weight is 243 g/mol. The van der Waals surface area contributed by atoms with Crippen LogP contribution in [0.4, 0.5) is 0 Å². The monoisotopic (exact) mass is 243 g/mol. The number of aryl methyl sites for hydroxylation is 2. The maximum Gasteiger partial charge on any atom is 0.222 e. The van der Waals surface area contributed by atoms with Crippen LogP contribution in [-0.2, 0) is 11.8 Å². The Labute approximate surface area is 101 Å². The first-order chi connectivity index (χ1) is 7.47. The van der Waals surface area contributed by atoms with Gasteiger partial charge in [-0.15, -0.1) is 0 Å². The van der Waals surface area contributed by atoms with Crippen LogP contribution in [0.1, 0.15) is 18.2 Å². The minimum Gasteiger partial charge on any atom is -0.472 e. The Kier molecular flexibility index (Phi) is 4.26. The third-order valence-electron chi connectivity index (χ3n) is 2.13. The number of aromatic nitrogens is 2. The summed E-state index contributed by atoms with van der Waals surface area (Å²) in [6, 6.07) is 0. The van der Waals surface area contributed by atoms with Gasteiger partial charge in [-0.3, -0.25) is 0 Å². The third kappa shape index (κ3) is 2.70. The molecule has 6 heteroatoms. The van der Waals surface area contributed by atoms with Crippen molar-refractivity contribution in [3.05, 3.63) is 11.3 Å². The number of hydrogen-bond donors (Lipinski definition) is 1. The molecule has 0 fully saturated rings. The van der Waals surface area contributed by atoms with Crippen LogP contribution in [0, 0.1) is 6.92 Å². The summed E-state index contributed by atoms with van der Waals surface area (Å²) in [4.78, 5) is 0.296. The van der Waals surface area contributed by atoms with E-state index in [0.29, 0.717) is 23.0 Å². The van der Waals surface area contributed by atoms with Gasteiger partial charge >= 0.3 is 0 Å². The Hall–Kier alpha value is -1.14. The van der Waals surface area contributed by atoms with Gasteiger partial charge < -0.3 is 15.2 Å². The first-order valence-electron chi connectivity index (χ1n) is 4.96. The van der Waals surface area contributed by atoms with E-state index < -0.39 is 0 Å². The van der Waals surface area contributed by atoms with Crippen molar-refractivity contribution >= 4 is 17.2 Å². The van der Waals surface area contributed by atoms with Crippen molar-refractivity contribution in [2.45, 2.75) is 20.0 Å². The van der Waals surface area contributed by atoms with E-state index in [2.05, 4.69) is 5.10 Å². The molecule has 0 aliphatic heterocycles. The van der Waals surface area contributed by atoms with E-state index in [9.17, 15) is 0 Å². The number of rotatable bonds is 5. The zero-order valence-corrected chi connectivity index (χ0v) is 10.8. The van der Waals surface area contributed by atoms with E-state index in [0.717, 1.165) is 5.69 Å². The minimum atomic E-state index is -0.0760. The SMILES string of the molecule is COCC(C)Oc1c(C(N)=S)c(C)nn1C. The molecule has 0 aliphatic rings. The zero-order valence-electron chi connectivity index (χ0n) is 9.98. The first-order valence-corrected chi connectivity index (χ1v) is 5.37. The lowest BCUT2D eigenvalue weighted by Gasteiger charge is -2.14. The molecular formula is C10H17N3O2S. The van der Waals surface area contributed by atoms with Gasteiger partial charge in [-0.05, 0) is 13.8 Å². The Balaban J connectivity index is 2.98. The molecule has 0 aliphatic carbocycles. The molecule has 1 aromatic rings. The molecule has 0 aromatic carbocycles. The van der Waals surface area contributed by atoms with E-state index >= 15 is 0 Å². The summed E-state index contributed by atoms with van der Waals surface area (Å²) in [5.74, 6) is 0.592. The van der Waals surface area contributed by atoms with E-state index in [1.54, 1.807) is 18.8 Å². The van der Waals surface area contributed by atoms with Crippen LogP contribution in [0.3, 0.4) is 0 Å². The van der Waals surface area contributed by atoms with Gasteiger partial charge in [-0.1, -0.05) is 12.2 Å². The van der Waals surface area contributed by atoms with Gasteiger partial charge in [0.2, 0.25) is 5.88 Å². The zero-order chi connectivity index (χ0) is 12.3. The fraction of sp³-hybridized carbons (Fsp3) is 0.600. The van der Waals surface area contributed by atoms with Gasteiger partial charge in [-0.25, -0.2) is 4.68 Å². The summed E-state index contributed by atoms with van der Waals surface area (Å²) in [6.07, 6.45) is -0.0760. The van der Waals surface area contributed by atoms with Gasteiger partial charge in [0.25, 0.3) is 0 Å². The molecule has 1 aromatic heterocycles. The van der Waals surface area contributed by atoms with Gasteiger partial charge in [0.1, 0.15) is 11.1 Å². The van der Waals surface area contributed by atoms with Crippen LogP contribution in [0.2, 0.25) is 0 Å². The van der Waals surface area contributed by atoms with Crippen molar-refractivity contribution in [1.29, 1.82) is 0 Å². The van der Waals surface area contributed by atoms with Crippen molar-refractivity contribution in [3.63, 3.8) is 0 Å². The maximum atomic E-state index is 5.71. The fourth-order valence-electron chi connectivity index (χ4n) is 1.52. The lowest BCUT2D eigenvalue weighted by atomic mass is 10.2. The molecule has 90 valence electrons. The number of methoxy groups -OCH3 is 1. The van der Waals surface area contributed by atoms with Crippen molar-refractivity contribution in [2.24, 2.45) is 12.8 Å². The Morgan fingerprint density at radius 2 is 2.25 bits per heavy atom. The molecule has 2 N–H and O–H groups in total. The summed E-state index contributed by atoms with van der Waals surface area (Å²) < 4.78 is 12.3. The van der Waals surface area contributed by atoms with E-state index in [1.807, 2.05) is 13.8 Å². The summed E-state index contributed by atoms with van der Waals surface area (Å²) in [5, 5.41) is 4.23. The molecule has 1 rings (SSSR count). The van der Waals surface area contributed by atoms with Gasteiger partial charge in [0, 0.05) is 14.2 Å². The highest BCUT2D eigenvalue weighted by molar-refractivity contribution is 7.80. The second-order valence-corrected chi connectivity index (χ2v) is 4.08. The van der Waals surface area contributed by atoms with Crippen LogP contribution in [0.15, 0.2) is 0 Å². The predicted octanol–water partition coefficient (Wildman–Crippen LogP) is 0.776. The molecular weight excluding hydrogens is 226 g/mol. The second-order valence-electron chi connectivity index (χ2n) is 3.64. The molecule has 16 heavy (non-hydrogen) atoms. The Morgan fingerprint density at radius 1 is 1.62 bits per heavy atom. The third-order valence-corrected chi connectivity index (χ3v) is 2.33. The second kappa shape index (κ2) is 5.27. The molecule has 0 spiro atoms. The number of nitrogens with two attached hydrogens (primary N) is 1. The molecule has 5 nitrogen and oxygen atoms in total. The Bertz CT molecular complexity index is 390. The lowest BCUT2D eigenvalue weighted by Crippen LogP contribution is -2.21. The predicted molar refractivity (Wildman–Crippen MR) is 65.8 cm³/mol. The topological polar surface area (TPSA) is 62.3 Å². The summed E-state index contributed by atoms with van der Waals surface area (Å²) in [6.45, 7) is 4.26. The Morgan fingerprint density at radius 3 is 2.75 bits per heavy atom. The van der Waals surface area contributed by atoms with Gasteiger partial charge in [0.05, 0.1) is 17.9 Å². The molecule has 1 unspecified atom stereocenters. The minimum absolute atomic E-state index is 0.0760. The van der Waals surface area contributed by atoms with Crippen LogP contribution in [0.25, 0.3) is 0 Å². The highest BCUT2D eigenvalue weighted by Crippen LogP contribution is 2.22. The average Bonchev–Trinajstić information content (AvgIpc) is 2.41. The molecule has 0 radical (unpaired) electrons. The van der Waals surface area contributed by atoms with E-state index in [-0.39, 0.29) is 6.10 Å². The molecule has 1 heterocycles. The molecule has 0 bridgehead atoms. The van der Waals surface area contributed by atoms with Crippen molar-refractivity contribution in [3.8, 4) is 5.88 Å². The van der Waals surface area contributed by atoms with Crippen molar-refractivity contribution in [1.82, 2.24) is 9.78 Å². The smallest absolute Gasteiger partial charge is 0.222 e. The quantitative estimate of drug-likeness (QED) is 0.774.